The van der Waals surface area contributed by atoms with Gasteiger partial charge in [-0.1, -0.05) is 13.8 Å². The van der Waals surface area contributed by atoms with Crippen molar-refractivity contribution in [3.05, 3.63) is 0 Å². The molecule has 1 aliphatic heterocycles. The first-order chi connectivity index (χ1) is 7.55. The van der Waals surface area contributed by atoms with Gasteiger partial charge in [-0.2, -0.15) is 11.8 Å². The lowest BCUT2D eigenvalue weighted by Crippen LogP contribution is -2.42. The SMILES string of the molecule is CC1(C)CSCC(NCC2CCC(O)C2)C1. The molecular weight excluding hydrogens is 218 g/mol. The van der Waals surface area contributed by atoms with E-state index in [0.717, 1.165) is 19.4 Å². The van der Waals surface area contributed by atoms with Gasteiger partial charge in [0.15, 0.2) is 0 Å². The van der Waals surface area contributed by atoms with Gasteiger partial charge >= 0.3 is 0 Å². The fourth-order valence-electron chi connectivity index (χ4n) is 2.96. The van der Waals surface area contributed by atoms with Gasteiger partial charge in [0.1, 0.15) is 0 Å². The highest BCUT2D eigenvalue weighted by molar-refractivity contribution is 7.99. The van der Waals surface area contributed by atoms with Crippen LogP contribution >= 0.6 is 11.8 Å². The second kappa shape index (κ2) is 5.28. The van der Waals surface area contributed by atoms with Gasteiger partial charge in [-0.05, 0) is 49.3 Å². The van der Waals surface area contributed by atoms with E-state index >= 15 is 0 Å². The van der Waals surface area contributed by atoms with Crippen molar-refractivity contribution >= 4 is 11.8 Å². The van der Waals surface area contributed by atoms with Gasteiger partial charge < -0.3 is 10.4 Å². The number of rotatable bonds is 3. The van der Waals surface area contributed by atoms with E-state index in [-0.39, 0.29) is 6.10 Å². The summed E-state index contributed by atoms with van der Waals surface area (Å²) in [5, 5.41) is 13.2. The van der Waals surface area contributed by atoms with Crippen molar-refractivity contribution in [3.8, 4) is 0 Å². The molecule has 0 aromatic heterocycles. The number of nitrogens with one attached hydrogen (secondary N) is 1. The van der Waals surface area contributed by atoms with Gasteiger partial charge in [-0.3, -0.25) is 0 Å². The van der Waals surface area contributed by atoms with Crippen molar-refractivity contribution < 1.29 is 5.11 Å². The zero-order valence-corrected chi connectivity index (χ0v) is 11.4. The molecule has 2 aliphatic rings. The first-order valence-corrected chi connectivity index (χ1v) is 7.70. The molecule has 2 rings (SSSR count). The summed E-state index contributed by atoms with van der Waals surface area (Å²) in [6.45, 7) is 5.85. The Hall–Kier alpha value is 0.270. The summed E-state index contributed by atoms with van der Waals surface area (Å²) >= 11 is 2.08. The van der Waals surface area contributed by atoms with E-state index in [1.165, 1.54) is 24.3 Å². The van der Waals surface area contributed by atoms with E-state index in [0.29, 0.717) is 17.4 Å². The molecule has 3 unspecified atom stereocenters. The molecule has 3 heteroatoms. The maximum absolute atomic E-state index is 9.49. The van der Waals surface area contributed by atoms with Crippen molar-refractivity contribution in [2.75, 3.05) is 18.1 Å². The second-order valence-electron chi connectivity index (χ2n) is 6.32. The smallest absolute Gasteiger partial charge is 0.0543 e. The number of aliphatic hydroxyl groups is 1. The molecule has 94 valence electrons. The second-order valence-corrected chi connectivity index (χ2v) is 7.35. The van der Waals surface area contributed by atoms with Crippen molar-refractivity contribution in [1.29, 1.82) is 0 Å². The van der Waals surface area contributed by atoms with Crippen LogP contribution in [-0.4, -0.2) is 35.3 Å². The minimum atomic E-state index is -0.0241. The molecule has 0 aromatic rings. The van der Waals surface area contributed by atoms with Crippen LogP contribution in [0.1, 0.15) is 39.5 Å². The van der Waals surface area contributed by atoms with Gasteiger partial charge in [-0.25, -0.2) is 0 Å². The van der Waals surface area contributed by atoms with E-state index in [9.17, 15) is 5.11 Å². The van der Waals surface area contributed by atoms with Crippen LogP contribution in [0, 0.1) is 11.3 Å². The fraction of sp³-hybridized carbons (Fsp3) is 1.00. The van der Waals surface area contributed by atoms with Gasteiger partial charge in [-0.15, -0.1) is 0 Å². The summed E-state index contributed by atoms with van der Waals surface area (Å²) in [6, 6.07) is 0.687. The van der Waals surface area contributed by atoms with Gasteiger partial charge in [0.25, 0.3) is 0 Å². The maximum Gasteiger partial charge on any atom is 0.0543 e. The summed E-state index contributed by atoms with van der Waals surface area (Å²) in [5.74, 6) is 3.27. The highest BCUT2D eigenvalue weighted by Gasteiger charge is 2.29. The van der Waals surface area contributed by atoms with E-state index in [4.69, 9.17) is 0 Å². The molecule has 0 amide bonds. The minimum Gasteiger partial charge on any atom is -0.393 e. The Morgan fingerprint density at radius 3 is 2.81 bits per heavy atom. The van der Waals surface area contributed by atoms with E-state index in [1.807, 2.05) is 0 Å². The Bertz CT molecular complexity index is 232. The Morgan fingerprint density at radius 1 is 1.38 bits per heavy atom. The summed E-state index contributed by atoms with van der Waals surface area (Å²) < 4.78 is 0. The van der Waals surface area contributed by atoms with E-state index in [2.05, 4.69) is 30.9 Å². The largest absolute Gasteiger partial charge is 0.393 e. The molecule has 16 heavy (non-hydrogen) atoms. The lowest BCUT2D eigenvalue weighted by molar-refractivity contribution is 0.176. The predicted molar refractivity (Wildman–Crippen MR) is 70.9 cm³/mol. The molecule has 1 heterocycles. The van der Waals surface area contributed by atoms with Gasteiger partial charge in [0.05, 0.1) is 6.10 Å². The van der Waals surface area contributed by atoms with Crippen molar-refractivity contribution in [3.63, 3.8) is 0 Å². The molecule has 0 bridgehead atoms. The summed E-state index contributed by atoms with van der Waals surface area (Å²) in [6.07, 6.45) is 4.50. The van der Waals surface area contributed by atoms with Crippen molar-refractivity contribution in [1.82, 2.24) is 5.32 Å². The molecule has 2 fully saturated rings. The third kappa shape index (κ3) is 3.64. The van der Waals surface area contributed by atoms with Crippen LogP contribution in [0.5, 0.6) is 0 Å². The summed E-state index contributed by atoms with van der Waals surface area (Å²) in [7, 11) is 0. The normalized spacial score (nSPS) is 38.8. The minimum absolute atomic E-state index is 0.0241. The molecule has 0 aromatic carbocycles. The average molecular weight is 243 g/mol. The Morgan fingerprint density at radius 2 is 2.19 bits per heavy atom. The maximum atomic E-state index is 9.49. The van der Waals surface area contributed by atoms with Crippen LogP contribution in [0.2, 0.25) is 0 Å². The molecule has 0 radical (unpaired) electrons. The topological polar surface area (TPSA) is 32.3 Å². The number of thioether (sulfide) groups is 1. The molecule has 1 aliphatic carbocycles. The molecule has 3 atom stereocenters. The quantitative estimate of drug-likeness (QED) is 0.797. The number of hydrogen-bond donors (Lipinski definition) is 2. The zero-order valence-electron chi connectivity index (χ0n) is 10.5. The third-order valence-corrected chi connectivity index (χ3v) is 5.44. The van der Waals surface area contributed by atoms with Crippen LogP contribution in [0.25, 0.3) is 0 Å². The van der Waals surface area contributed by atoms with Crippen LogP contribution in [0.4, 0.5) is 0 Å². The zero-order chi connectivity index (χ0) is 11.6. The molecule has 1 saturated carbocycles. The first-order valence-electron chi connectivity index (χ1n) is 6.54. The first kappa shape index (κ1) is 12.7. The standard InChI is InChI=1S/C13H25NOS/c1-13(2)6-11(8-16-9-13)14-7-10-3-4-12(15)5-10/h10-12,14-15H,3-9H2,1-2H3. The lowest BCUT2D eigenvalue weighted by Gasteiger charge is -2.35. The summed E-state index contributed by atoms with van der Waals surface area (Å²) in [4.78, 5) is 0. The lowest BCUT2D eigenvalue weighted by atomic mass is 9.87. The van der Waals surface area contributed by atoms with Crippen LogP contribution in [0.15, 0.2) is 0 Å². The monoisotopic (exact) mass is 243 g/mol. The van der Waals surface area contributed by atoms with Crippen LogP contribution < -0.4 is 5.32 Å². The fourth-order valence-corrected chi connectivity index (χ4v) is 4.27. The van der Waals surface area contributed by atoms with Gasteiger partial charge in [0, 0.05) is 11.8 Å². The predicted octanol–water partition coefficient (Wildman–Crippen LogP) is 2.27. The van der Waals surface area contributed by atoms with Gasteiger partial charge in [0.2, 0.25) is 0 Å². The average Bonchev–Trinajstić information content (AvgIpc) is 2.60. The number of aliphatic hydroxyl groups excluding tert-OH is 1. The number of hydrogen-bond acceptors (Lipinski definition) is 3. The van der Waals surface area contributed by atoms with Crippen LogP contribution in [0.3, 0.4) is 0 Å². The Kier molecular flexibility index (Phi) is 4.20. The molecule has 2 N–H and O–H groups in total. The van der Waals surface area contributed by atoms with Crippen LogP contribution in [-0.2, 0) is 0 Å². The van der Waals surface area contributed by atoms with E-state index < -0.39 is 0 Å². The van der Waals surface area contributed by atoms with Crippen molar-refractivity contribution in [2.45, 2.75) is 51.7 Å². The Labute approximate surface area is 104 Å². The van der Waals surface area contributed by atoms with E-state index in [1.54, 1.807) is 0 Å². The highest BCUT2D eigenvalue weighted by atomic mass is 32.2. The summed E-state index contributed by atoms with van der Waals surface area (Å²) in [5.41, 5.74) is 0.496. The molecule has 2 nitrogen and oxygen atoms in total. The molecule has 0 spiro atoms. The highest BCUT2D eigenvalue weighted by Crippen LogP contribution is 2.33. The molecular formula is C13H25NOS. The van der Waals surface area contributed by atoms with Crippen molar-refractivity contribution in [2.24, 2.45) is 11.3 Å². The Balaban J connectivity index is 1.69. The molecule has 1 saturated heterocycles. The third-order valence-electron chi connectivity index (χ3n) is 3.82.